The molecule has 104 valence electrons. The molecule has 4 nitrogen and oxygen atoms in total. The summed E-state index contributed by atoms with van der Waals surface area (Å²) in [4.78, 5) is 0. The van der Waals surface area contributed by atoms with Crippen LogP contribution in [0.15, 0.2) is 47.1 Å². The fourth-order valence-corrected chi connectivity index (χ4v) is 2.51. The van der Waals surface area contributed by atoms with E-state index in [0.717, 1.165) is 29.7 Å². The first-order valence-corrected chi connectivity index (χ1v) is 6.95. The second-order valence-corrected chi connectivity index (χ2v) is 5.02. The Morgan fingerprint density at radius 2 is 2.20 bits per heavy atom. The van der Waals surface area contributed by atoms with Crippen molar-refractivity contribution in [2.24, 2.45) is 7.05 Å². The van der Waals surface area contributed by atoms with Crippen LogP contribution in [0, 0.1) is 0 Å². The van der Waals surface area contributed by atoms with Crippen molar-refractivity contribution in [3.63, 3.8) is 0 Å². The van der Waals surface area contributed by atoms with Crippen LogP contribution in [0.25, 0.3) is 11.0 Å². The van der Waals surface area contributed by atoms with Gasteiger partial charge in [0.05, 0.1) is 12.2 Å². The maximum Gasteiger partial charge on any atom is 0.134 e. The largest absolute Gasteiger partial charge is 0.459 e. The zero-order valence-electron chi connectivity index (χ0n) is 11.8. The zero-order chi connectivity index (χ0) is 13.9. The van der Waals surface area contributed by atoms with E-state index in [9.17, 15) is 0 Å². The lowest BCUT2D eigenvalue weighted by Crippen LogP contribution is -2.22. The normalized spacial score (nSPS) is 12.9. The number of rotatable bonds is 5. The SMILES string of the molecule is CCNC(Cc1cnn(C)c1)c1cc2ccccc2o1. The second kappa shape index (κ2) is 5.51. The van der Waals surface area contributed by atoms with E-state index in [2.05, 4.69) is 29.5 Å². The van der Waals surface area contributed by atoms with Gasteiger partial charge in [0.15, 0.2) is 0 Å². The molecule has 0 amide bonds. The van der Waals surface area contributed by atoms with E-state index < -0.39 is 0 Å². The van der Waals surface area contributed by atoms with Crippen molar-refractivity contribution in [2.75, 3.05) is 6.54 Å². The van der Waals surface area contributed by atoms with Crippen LogP contribution in [-0.2, 0) is 13.5 Å². The molecule has 0 aliphatic heterocycles. The Morgan fingerprint density at radius 1 is 1.35 bits per heavy atom. The lowest BCUT2D eigenvalue weighted by Gasteiger charge is -2.14. The predicted molar refractivity (Wildman–Crippen MR) is 79.5 cm³/mol. The molecule has 20 heavy (non-hydrogen) atoms. The number of hydrogen-bond acceptors (Lipinski definition) is 3. The molecule has 1 unspecified atom stereocenters. The maximum absolute atomic E-state index is 5.97. The van der Waals surface area contributed by atoms with Gasteiger partial charge in [-0.05, 0) is 30.7 Å². The zero-order valence-corrected chi connectivity index (χ0v) is 11.8. The molecule has 0 bridgehead atoms. The number of aryl methyl sites for hydroxylation is 1. The predicted octanol–water partition coefficient (Wildman–Crippen LogP) is 3.06. The van der Waals surface area contributed by atoms with E-state index in [-0.39, 0.29) is 6.04 Å². The van der Waals surface area contributed by atoms with Gasteiger partial charge in [0.25, 0.3) is 0 Å². The third kappa shape index (κ3) is 2.60. The number of fused-ring (bicyclic) bond motifs is 1. The standard InChI is InChI=1S/C16H19N3O/c1-3-17-14(8-12-10-18-19(2)11-12)16-9-13-6-4-5-7-15(13)20-16/h4-7,9-11,14,17H,3,8H2,1-2H3. The van der Waals surface area contributed by atoms with Gasteiger partial charge in [0.1, 0.15) is 11.3 Å². The van der Waals surface area contributed by atoms with Gasteiger partial charge >= 0.3 is 0 Å². The smallest absolute Gasteiger partial charge is 0.134 e. The topological polar surface area (TPSA) is 43.0 Å². The number of hydrogen-bond donors (Lipinski definition) is 1. The molecule has 0 saturated heterocycles. The molecule has 0 radical (unpaired) electrons. The maximum atomic E-state index is 5.97. The molecule has 0 aliphatic carbocycles. The van der Waals surface area contributed by atoms with E-state index in [1.54, 1.807) is 0 Å². The number of para-hydroxylation sites is 1. The number of aromatic nitrogens is 2. The third-order valence-electron chi connectivity index (χ3n) is 3.44. The van der Waals surface area contributed by atoms with Crippen molar-refractivity contribution in [1.82, 2.24) is 15.1 Å². The van der Waals surface area contributed by atoms with E-state index >= 15 is 0 Å². The van der Waals surface area contributed by atoms with Gasteiger partial charge in [-0.15, -0.1) is 0 Å². The van der Waals surface area contributed by atoms with Crippen molar-refractivity contribution in [3.8, 4) is 0 Å². The quantitative estimate of drug-likeness (QED) is 0.774. The lowest BCUT2D eigenvalue weighted by molar-refractivity contribution is 0.435. The summed E-state index contributed by atoms with van der Waals surface area (Å²) >= 11 is 0. The molecule has 3 rings (SSSR count). The molecular weight excluding hydrogens is 250 g/mol. The fourth-order valence-electron chi connectivity index (χ4n) is 2.51. The molecule has 2 heterocycles. The van der Waals surface area contributed by atoms with E-state index in [1.807, 2.05) is 42.3 Å². The van der Waals surface area contributed by atoms with Gasteiger partial charge in [0, 0.05) is 18.6 Å². The van der Waals surface area contributed by atoms with Gasteiger partial charge in [-0.1, -0.05) is 25.1 Å². The average Bonchev–Trinajstić information content (AvgIpc) is 3.04. The molecule has 0 spiro atoms. The molecule has 0 aliphatic rings. The fraction of sp³-hybridized carbons (Fsp3) is 0.312. The van der Waals surface area contributed by atoms with Crippen LogP contribution in [0.5, 0.6) is 0 Å². The number of benzene rings is 1. The molecule has 0 saturated carbocycles. The van der Waals surface area contributed by atoms with Gasteiger partial charge in [-0.3, -0.25) is 4.68 Å². The molecule has 1 atom stereocenters. The highest BCUT2D eigenvalue weighted by molar-refractivity contribution is 5.77. The summed E-state index contributed by atoms with van der Waals surface area (Å²) in [5.74, 6) is 0.983. The summed E-state index contributed by atoms with van der Waals surface area (Å²) in [6.45, 7) is 3.01. The average molecular weight is 269 g/mol. The van der Waals surface area contributed by atoms with Crippen LogP contribution < -0.4 is 5.32 Å². The number of furan rings is 1. The molecule has 1 N–H and O–H groups in total. The van der Waals surface area contributed by atoms with Crippen LogP contribution in [0.2, 0.25) is 0 Å². The monoisotopic (exact) mass is 269 g/mol. The molecule has 2 aromatic heterocycles. The van der Waals surface area contributed by atoms with Gasteiger partial charge in [0.2, 0.25) is 0 Å². The first-order valence-electron chi connectivity index (χ1n) is 6.95. The number of likely N-dealkylation sites (N-methyl/N-ethyl adjacent to an activating group) is 1. The second-order valence-electron chi connectivity index (χ2n) is 5.02. The highest BCUT2D eigenvalue weighted by atomic mass is 16.3. The summed E-state index contributed by atoms with van der Waals surface area (Å²) in [5.41, 5.74) is 2.15. The molecule has 0 fully saturated rings. The minimum Gasteiger partial charge on any atom is -0.459 e. The summed E-state index contributed by atoms with van der Waals surface area (Å²) in [6, 6.07) is 10.4. The highest BCUT2D eigenvalue weighted by Gasteiger charge is 2.16. The Bertz CT molecular complexity index is 665. The van der Waals surface area contributed by atoms with Gasteiger partial charge in [-0.2, -0.15) is 5.10 Å². The van der Waals surface area contributed by atoms with Crippen molar-refractivity contribution >= 4 is 11.0 Å². The summed E-state index contributed by atoms with van der Waals surface area (Å²) < 4.78 is 7.80. The number of nitrogens with zero attached hydrogens (tertiary/aromatic N) is 2. The number of nitrogens with one attached hydrogen (secondary N) is 1. The molecule has 3 aromatic rings. The minimum absolute atomic E-state index is 0.177. The highest BCUT2D eigenvalue weighted by Crippen LogP contribution is 2.26. The van der Waals surface area contributed by atoms with Gasteiger partial charge < -0.3 is 9.73 Å². The Morgan fingerprint density at radius 3 is 2.90 bits per heavy atom. The summed E-state index contributed by atoms with van der Waals surface area (Å²) in [5, 5.41) is 8.86. The van der Waals surface area contributed by atoms with E-state index in [4.69, 9.17) is 4.42 Å². The Labute approximate surface area is 118 Å². The van der Waals surface area contributed by atoms with Crippen molar-refractivity contribution < 1.29 is 4.42 Å². The molecular formula is C16H19N3O. The molecule has 1 aromatic carbocycles. The Hall–Kier alpha value is -2.07. The van der Waals surface area contributed by atoms with Crippen molar-refractivity contribution in [1.29, 1.82) is 0 Å². The van der Waals surface area contributed by atoms with Crippen LogP contribution in [0.4, 0.5) is 0 Å². The molecule has 4 heteroatoms. The van der Waals surface area contributed by atoms with Crippen LogP contribution in [0.3, 0.4) is 0 Å². The van der Waals surface area contributed by atoms with E-state index in [0.29, 0.717) is 0 Å². The van der Waals surface area contributed by atoms with Crippen LogP contribution >= 0.6 is 0 Å². The van der Waals surface area contributed by atoms with Gasteiger partial charge in [-0.25, -0.2) is 0 Å². The summed E-state index contributed by atoms with van der Waals surface area (Å²) in [7, 11) is 1.94. The lowest BCUT2D eigenvalue weighted by atomic mass is 10.1. The first-order chi connectivity index (χ1) is 9.76. The Kier molecular flexibility index (Phi) is 3.56. The third-order valence-corrected chi connectivity index (χ3v) is 3.44. The van der Waals surface area contributed by atoms with E-state index in [1.165, 1.54) is 5.56 Å². The Balaban J connectivity index is 1.89. The van der Waals surface area contributed by atoms with Crippen molar-refractivity contribution in [2.45, 2.75) is 19.4 Å². The van der Waals surface area contributed by atoms with Crippen LogP contribution in [0.1, 0.15) is 24.3 Å². The minimum atomic E-state index is 0.177. The van der Waals surface area contributed by atoms with Crippen molar-refractivity contribution in [3.05, 3.63) is 54.0 Å². The first kappa shape index (κ1) is 12.9. The van der Waals surface area contributed by atoms with Crippen LogP contribution in [-0.4, -0.2) is 16.3 Å². The summed E-state index contributed by atoms with van der Waals surface area (Å²) in [6.07, 6.45) is 4.83.